The van der Waals surface area contributed by atoms with E-state index in [0.717, 1.165) is 31.4 Å². The van der Waals surface area contributed by atoms with Crippen LogP contribution in [0, 0.1) is 12.3 Å². The van der Waals surface area contributed by atoms with Gasteiger partial charge in [-0.25, -0.2) is 9.97 Å². The number of likely N-dealkylation sites (tertiary alicyclic amines) is 1. The zero-order chi connectivity index (χ0) is 43.8. The average molecular weight is 848 g/mol. The number of amides is 3. The maximum Gasteiger partial charge on any atom is 0.263 e. The number of aliphatic hydroxyl groups is 1. The van der Waals surface area contributed by atoms with Crippen LogP contribution in [0.5, 0.6) is 0 Å². The summed E-state index contributed by atoms with van der Waals surface area (Å²) in [7, 11) is 0. The average Bonchev–Trinajstić information content (AvgIpc) is 3.87. The van der Waals surface area contributed by atoms with E-state index in [1.54, 1.807) is 33.7 Å². The number of aryl methyl sites for hydroxylation is 1. The second-order valence-corrected chi connectivity index (χ2v) is 17.3. The Labute approximate surface area is 356 Å². The zero-order valence-electron chi connectivity index (χ0n) is 36.3. The van der Waals surface area contributed by atoms with Crippen molar-refractivity contribution in [2.75, 3.05) is 82.6 Å². The molecule has 61 heavy (non-hydrogen) atoms. The van der Waals surface area contributed by atoms with Gasteiger partial charge in [0.15, 0.2) is 5.78 Å². The molecule has 3 N–H and O–H groups in total. The van der Waals surface area contributed by atoms with Gasteiger partial charge in [-0.05, 0) is 63.1 Å². The molecule has 0 unspecified atom stereocenters. The van der Waals surface area contributed by atoms with Gasteiger partial charge in [-0.2, -0.15) is 4.98 Å². The minimum atomic E-state index is -0.753. The predicted octanol–water partition coefficient (Wildman–Crippen LogP) is 2.77. The fourth-order valence-corrected chi connectivity index (χ4v) is 8.36. The molecule has 2 saturated heterocycles. The summed E-state index contributed by atoms with van der Waals surface area (Å²) in [5.74, 6) is -0.144. The first kappa shape index (κ1) is 45.5. The van der Waals surface area contributed by atoms with Crippen molar-refractivity contribution in [1.82, 2.24) is 34.6 Å². The first-order chi connectivity index (χ1) is 29.1. The van der Waals surface area contributed by atoms with Gasteiger partial charge in [0, 0.05) is 56.4 Å². The normalized spacial score (nSPS) is 19.1. The number of fused-ring (bicyclic) bond motifs is 1. The van der Waals surface area contributed by atoms with Crippen LogP contribution in [0.4, 0.5) is 17.5 Å². The van der Waals surface area contributed by atoms with Crippen LogP contribution < -0.4 is 21.1 Å². The number of aliphatic hydroxyl groups excluding tert-OH is 1. The first-order valence-electron chi connectivity index (χ1n) is 21.3. The topological polar surface area (TPSA) is 211 Å². The van der Waals surface area contributed by atoms with Crippen LogP contribution in [-0.2, 0) is 28.6 Å². The number of aromatic nitrogens is 4. The minimum Gasteiger partial charge on any atom is -0.391 e. The van der Waals surface area contributed by atoms with Gasteiger partial charge in [0.25, 0.3) is 5.56 Å². The van der Waals surface area contributed by atoms with Crippen molar-refractivity contribution in [2.24, 2.45) is 5.41 Å². The lowest BCUT2D eigenvalue weighted by atomic mass is 9.85. The van der Waals surface area contributed by atoms with E-state index in [4.69, 9.17) is 19.2 Å². The van der Waals surface area contributed by atoms with E-state index in [1.807, 2.05) is 39.8 Å². The Balaban J connectivity index is 0.872. The number of anilines is 3. The monoisotopic (exact) mass is 847 g/mol. The molecule has 3 aliphatic rings. The highest BCUT2D eigenvalue weighted by atomic mass is 16.5. The van der Waals surface area contributed by atoms with Crippen LogP contribution in [0.3, 0.4) is 0 Å². The Hall–Kier alpha value is -5.04. The number of Topliss-reactive ketones (excluding diaryl/α,β-unsaturated/α-hetero) is 1. The molecule has 3 aromatic heterocycles. The third kappa shape index (κ3) is 11.3. The van der Waals surface area contributed by atoms with Crippen molar-refractivity contribution >= 4 is 52.0 Å². The molecule has 1 saturated carbocycles. The van der Waals surface area contributed by atoms with Gasteiger partial charge in [0.1, 0.15) is 30.7 Å². The van der Waals surface area contributed by atoms with Gasteiger partial charge in [0.05, 0.1) is 50.0 Å². The van der Waals surface area contributed by atoms with E-state index >= 15 is 0 Å². The van der Waals surface area contributed by atoms with Crippen molar-refractivity contribution in [3.05, 3.63) is 46.0 Å². The summed E-state index contributed by atoms with van der Waals surface area (Å²) in [6, 6.07) is 2.92. The van der Waals surface area contributed by atoms with Crippen molar-refractivity contribution in [3.8, 4) is 0 Å². The summed E-state index contributed by atoms with van der Waals surface area (Å²) in [5.41, 5.74) is 1.38. The van der Waals surface area contributed by atoms with Gasteiger partial charge in [-0.3, -0.25) is 28.5 Å². The summed E-state index contributed by atoms with van der Waals surface area (Å²) in [4.78, 5) is 84.0. The lowest BCUT2D eigenvalue weighted by Gasteiger charge is -2.36. The van der Waals surface area contributed by atoms with Crippen LogP contribution in [-0.4, -0.2) is 148 Å². The highest BCUT2D eigenvalue weighted by Gasteiger charge is 2.40. The lowest BCUT2D eigenvalue weighted by Crippen LogP contribution is -2.56. The van der Waals surface area contributed by atoms with E-state index in [0.29, 0.717) is 61.0 Å². The summed E-state index contributed by atoms with van der Waals surface area (Å²) >= 11 is 0. The number of carbonyl (C=O) groups is 4. The molecule has 3 aromatic rings. The Bertz CT molecular complexity index is 2090. The molecule has 2 aliphatic heterocycles. The second kappa shape index (κ2) is 20.2. The molecular formula is C43H61N9O9. The summed E-state index contributed by atoms with van der Waals surface area (Å²) in [5, 5.41) is 16.6. The molecule has 18 heteroatoms. The number of β-amino-alcohol motifs (C(OH)–C–C–N with tert-alkyl or cyclic N) is 1. The van der Waals surface area contributed by atoms with Gasteiger partial charge >= 0.3 is 0 Å². The molecule has 0 bridgehead atoms. The highest BCUT2D eigenvalue weighted by Crippen LogP contribution is 2.32. The van der Waals surface area contributed by atoms with Crippen LogP contribution in [0.1, 0.15) is 88.7 Å². The number of carbonyl (C=O) groups excluding carboxylic acids is 4. The number of nitrogens with one attached hydrogen (secondary N) is 2. The molecule has 6 rings (SSSR count). The molecular weight excluding hydrogens is 787 g/mol. The van der Waals surface area contributed by atoms with Gasteiger partial charge in [0.2, 0.25) is 23.7 Å². The molecule has 18 nitrogen and oxygen atoms in total. The van der Waals surface area contributed by atoms with Crippen LogP contribution in [0.25, 0.3) is 11.0 Å². The maximum atomic E-state index is 13.5. The van der Waals surface area contributed by atoms with Gasteiger partial charge < -0.3 is 44.7 Å². The number of nitrogens with zero attached hydrogens (tertiary/aromatic N) is 7. The van der Waals surface area contributed by atoms with E-state index in [1.165, 1.54) is 6.92 Å². The fraction of sp³-hybridized carbons (Fsp3) is 0.628. The molecule has 3 fully saturated rings. The predicted molar refractivity (Wildman–Crippen MR) is 228 cm³/mol. The van der Waals surface area contributed by atoms with Crippen LogP contribution in [0.2, 0.25) is 0 Å². The number of hydrogen-bond acceptors (Lipinski definition) is 14. The second-order valence-electron chi connectivity index (χ2n) is 17.3. The highest BCUT2D eigenvalue weighted by molar-refractivity contribution is 5.99. The van der Waals surface area contributed by atoms with Gasteiger partial charge in [-0.1, -0.05) is 33.6 Å². The van der Waals surface area contributed by atoms with Crippen molar-refractivity contribution in [2.45, 2.75) is 97.9 Å². The number of hydrogen-bond donors (Lipinski definition) is 3. The standard InChI is InChI=1S/C43H61N9O9/c1-27-21-32(54)24-51(27)41(58)38(43(4,5)6)47-35(55)25-60-19-17-59-18-20-61-26-36(56)50-15-13-49(14-16-50)31-11-12-34(44-22-31)46-42-45-23-33-28(2)37(29(3)53)40(57)52(39(33)48-42)30-9-7-8-10-30/h11-12,22-23,27,30,32,38,54H,7-10,13-21,24-26H2,1-6H3,(H,47,55)(H,44,45,46,48)/t27-,32-,38-/m1/s1. The number of pyridine rings is 2. The molecule has 0 aromatic carbocycles. The maximum absolute atomic E-state index is 13.5. The summed E-state index contributed by atoms with van der Waals surface area (Å²) < 4.78 is 18.2. The Morgan fingerprint density at radius 1 is 0.934 bits per heavy atom. The van der Waals surface area contributed by atoms with E-state index in [2.05, 4.69) is 25.5 Å². The largest absolute Gasteiger partial charge is 0.391 e. The third-order valence-corrected chi connectivity index (χ3v) is 11.7. The molecule has 5 heterocycles. The first-order valence-corrected chi connectivity index (χ1v) is 21.3. The van der Waals surface area contributed by atoms with E-state index in [9.17, 15) is 29.1 Å². The van der Waals surface area contributed by atoms with E-state index < -0.39 is 23.5 Å². The third-order valence-electron chi connectivity index (χ3n) is 11.7. The Kier molecular flexibility index (Phi) is 15.1. The Morgan fingerprint density at radius 2 is 1.61 bits per heavy atom. The van der Waals surface area contributed by atoms with Crippen molar-refractivity contribution in [1.29, 1.82) is 0 Å². The quantitative estimate of drug-likeness (QED) is 0.132. The molecule has 1 aliphatic carbocycles. The SMILES string of the molecule is CC(=O)c1c(C)c2cnc(Nc3ccc(N4CCN(C(=O)COCCOCCOCC(=O)N[C@H](C(=O)N5C[C@H](O)C[C@H]5C)C(C)(C)C)CC4)cn3)nc2n(C2CCCC2)c1=O. The zero-order valence-corrected chi connectivity index (χ0v) is 36.3. The molecule has 3 amide bonds. The van der Waals surface area contributed by atoms with Crippen LogP contribution >= 0.6 is 0 Å². The smallest absolute Gasteiger partial charge is 0.263 e. The Morgan fingerprint density at radius 3 is 2.21 bits per heavy atom. The molecule has 0 spiro atoms. The molecule has 0 radical (unpaired) electrons. The number of ether oxygens (including phenoxy) is 3. The fourth-order valence-electron chi connectivity index (χ4n) is 8.36. The number of piperazine rings is 1. The van der Waals surface area contributed by atoms with Crippen molar-refractivity contribution in [3.63, 3.8) is 0 Å². The number of rotatable bonds is 17. The molecule has 332 valence electrons. The molecule has 3 atom stereocenters. The minimum absolute atomic E-state index is 0.0136. The van der Waals surface area contributed by atoms with Crippen LogP contribution in [0.15, 0.2) is 29.3 Å². The van der Waals surface area contributed by atoms with E-state index in [-0.39, 0.29) is 87.0 Å². The van der Waals surface area contributed by atoms with Crippen molar-refractivity contribution < 1.29 is 38.5 Å². The van der Waals surface area contributed by atoms with Gasteiger partial charge in [-0.15, -0.1) is 0 Å². The summed E-state index contributed by atoms with van der Waals surface area (Å²) in [6.07, 6.45) is 7.14. The summed E-state index contributed by atoms with van der Waals surface area (Å²) in [6.45, 7) is 13.9. The lowest BCUT2D eigenvalue weighted by molar-refractivity contribution is -0.141. The number of ketones is 1.